The molecule has 2 rings (SSSR count). The molecule has 0 saturated carbocycles. The Morgan fingerprint density at radius 1 is 1.07 bits per heavy atom. The van der Waals surface area contributed by atoms with Crippen molar-refractivity contribution in [2.45, 2.75) is 4.90 Å². The van der Waals surface area contributed by atoms with Crippen LogP contribution < -0.4 is 0 Å². The number of benzene rings is 2. The predicted octanol–water partition coefficient (Wildman–Crippen LogP) is 3.61. The highest BCUT2D eigenvalue weighted by Gasteiger charge is 2.04. The Kier molecular flexibility index (Phi) is 3.11. The summed E-state index contributed by atoms with van der Waals surface area (Å²) in [5, 5.41) is 11.4. The number of hydrogen-bond acceptors (Lipinski definition) is 2. The molecule has 3 heteroatoms. The van der Waals surface area contributed by atoms with Crippen molar-refractivity contribution >= 4 is 22.5 Å². The molecule has 0 aliphatic heterocycles. The average molecular weight is 222 g/mol. The molecule has 0 saturated heterocycles. The van der Waals surface area contributed by atoms with Gasteiger partial charge in [0.25, 0.3) is 0 Å². The molecule has 2 aromatic rings. The van der Waals surface area contributed by atoms with Crippen LogP contribution in [-0.2, 0) is 0 Å². The van der Waals surface area contributed by atoms with Gasteiger partial charge in [0.1, 0.15) is 5.75 Å². The highest BCUT2D eigenvalue weighted by molar-refractivity contribution is 7.99. The summed E-state index contributed by atoms with van der Waals surface area (Å²) in [7, 11) is 0. The van der Waals surface area contributed by atoms with Crippen molar-refractivity contribution in [3.05, 3.63) is 36.4 Å². The van der Waals surface area contributed by atoms with E-state index >= 15 is 0 Å². The van der Waals surface area contributed by atoms with Gasteiger partial charge in [0, 0.05) is 16.0 Å². The molecule has 0 aromatic heterocycles. The van der Waals surface area contributed by atoms with Crippen molar-refractivity contribution in [2.75, 3.05) is 12.4 Å². The van der Waals surface area contributed by atoms with Gasteiger partial charge in [-0.2, -0.15) is 0 Å². The summed E-state index contributed by atoms with van der Waals surface area (Å²) in [6.07, 6.45) is 0. The molecule has 0 unspecified atom stereocenters. The van der Waals surface area contributed by atoms with E-state index in [0.29, 0.717) is 5.75 Å². The van der Waals surface area contributed by atoms with Crippen molar-refractivity contribution in [3.8, 4) is 5.75 Å². The first-order valence-electron chi connectivity index (χ1n) is 4.72. The number of fused-ring (bicyclic) bond motifs is 1. The molecular formula is C12H11FOS. The van der Waals surface area contributed by atoms with E-state index in [4.69, 9.17) is 0 Å². The monoisotopic (exact) mass is 222 g/mol. The lowest BCUT2D eigenvalue weighted by Gasteiger charge is -2.06. The van der Waals surface area contributed by atoms with E-state index in [2.05, 4.69) is 0 Å². The highest BCUT2D eigenvalue weighted by Crippen LogP contribution is 2.32. The topological polar surface area (TPSA) is 20.2 Å². The van der Waals surface area contributed by atoms with Crippen LogP contribution in [0.3, 0.4) is 0 Å². The molecule has 78 valence electrons. The van der Waals surface area contributed by atoms with Crippen LogP contribution in [0, 0.1) is 0 Å². The van der Waals surface area contributed by atoms with Gasteiger partial charge in [-0.15, -0.1) is 11.8 Å². The van der Waals surface area contributed by atoms with Crippen LogP contribution in [0.2, 0.25) is 0 Å². The molecule has 0 aliphatic carbocycles. The van der Waals surface area contributed by atoms with Gasteiger partial charge in [0.05, 0.1) is 6.67 Å². The fourth-order valence-corrected chi connectivity index (χ4v) is 2.32. The van der Waals surface area contributed by atoms with E-state index in [1.807, 2.05) is 30.3 Å². The number of rotatable bonds is 3. The van der Waals surface area contributed by atoms with E-state index < -0.39 is 0 Å². The van der Waals surface area contributed by atoms with Crippen LogP contribution in [0.15, 0.2) is 41.3 Å². The maximum Gasteiger partial charge on any atom is 0.123 e. The van der Waals surface area contributed by atoms with Gasteiger partial charge in [-0.05, 0) is 17.5 Å². The zero-order valence-corrected chi connectivity index (χ0v) is 8.93. The van der Waals surface area contributed by atoms with Gasteiger partial charge < -0.3 is 5.11 Å². The quantitative estimate of drug-likeness (QED) is 0.800. The first-order valence-corrected chi connectivity index (χ1v) is 5.71. The average Bonchev–Trinajstić information content (AvgIpc) is 2.29. The fourth-order valence-electron chi connectivity index (χ4n) is 1.53. The molecule has 0 fully saturated rings. The van der Waals surface area contributed by atoms with E-state index in [1.165, 1.54) is 11.8 Å². The standard InChI is InChI=1S/C12H11FOS/c13-7-8-15-12-6-5-11(14)9-3-1-2-4-10(9)12/h1-6,14H,7-8H2. The predicted molar refractivity (Wildman–Crippen MR) is 62.3 cm³/mol. The molecule has 0 spiro atoms. The maximum absolute atomic E-state index is 12.1. The minimum atomic E-state index is -0.333. The Morgan fingerprint density at radius 2 is 1.80 bits per heavy atom. The number of phenolic OH excluding ortho intramolecular Hbond substituents is 1. The summed E-state index contributed by atoms with van der Waals surface area (Å²) in [5.41, 5.74) is 0. The summed E-state index contributed by atoms with van der Waals surface area (Å²) >= 11 is 1.47. The first kappa shape index (κ1) is 10.3. The Hall–Kier alpha value is -1.22. The number of alkyl halides is 1. The van der Waals surface area contributed by atoms with Crippen LogP contribution in [0.1, 0.15) is 0 Å². The van der Waals surface area contributed by atoms with Crippen LogP contribution in [0.5, 0.6) is 5.75 Å². The van der Waals surface area contributed by atoms with E-state index in [9.17, 15) is 9.50 Å². The molecule has 0 radical (unpaired) electrons. The summed E-state index contributed by atoms with van der Waals surface area (Å²) in [4.78, 5) is 1.01. The minimum absolute atomic E-state index is 0.273. The number of halogens is 1. The molecule has 1 nitrogen and oxygen atoms in total. The zero-order valence-electron chi connectivity index (χ0n) is 8.11. The lowest BCUT2D eigenvalue weighted by atomic mass is 10.1. The van der Waals surface area contributed by atoms with Gasteiger partial charge >= 0.3 is 0 Å². The summed E-state index contributed by atoms with van der Waals surface area (Å²) in [6.45, 7) is -0.333. The lowest BCUT2D eigenvalue weighted by Crippen LogP contribution is -1.83. The Labute approximate surface area is 91.9 Å². The zero-order chi connectivity index (χ0) is 10.7. The van der Waals surface area contributed by atoms with Gasteiger partial charge in [0.2, 0.25) is 0 Å². The van der Waals surface area contributed by atoms with Crippen LogP contribution >= 0.6 is 11.8 Å². The maximum atomic E-state index is 12.1. The number of aromatic hydroxyl groups is 1. The van der Waals surface area contributed by atoms with Crippen molar-refractivity contribution in [1.29, 1.82) is 0 Å². The molecule has 15 heavy (non-hydrogen) atoms. The molecule has 0 heterocycles. The van der Waals surface area contributed by atoms with Crippen LogP contribution in [0.4, 0.5) is 4.39 Å². The van der Waals surface area contributed by atoms with E-state index in [1.54, 1.807) is 6.07 Å². The second-order valence-electron chi connectivity index (χ2n) is 3.17. The third kappa shape index (κ3) is 2.07. The molecular weight excluding hydrogens is 211 g/mol. The second kappa shape index (κ2) is 4.53. The minimum Gasteiger partial charge on any atom is -0.507 e. The molecule has 2 aromatic carbocycles. The van der Waals surface area contributed by atoms with Crippen LogP contribution in [0.25, 0.3) is 10.8 Å². The molecule has 0 bridgehead atoms. The van der Waals surface area contributed by atoms with Crippen molar-refractivity contribution < 1.29 is 9.50 Å². The normalized spacial score (nSPS) is 10.7. The van der Waals surface area contributed by atoms with Crippen LogP contribution in [-0.4, -0.2) is 17.5 Å². The van der Waals surface area contributed by atoms with Gasteiger partial charge in [-0.1, -0.05) is 24.3 Å². The fraction of sp³-hybridized carbons (Fsp3) is 0.167. The largest absolute Gasteiger partial charge is 0.507 e. The number of hydrogen-bond donors (Lipinski definition) is 1. The molecule has 0 atom stereocenters. The molecule has 1 N–H and O–H groups in total. The summed E-state index contributed by atoms with van der Waals surface area (Å²) in [5.74, 6) is 0.726. The molecule has 0 aliphatic rings. The Bertz CT molecular complexity index is 470. The lowest BCUT2D eigenvalue weighted by molar-refractivity contribution is 0.481. The second-order valence-corrected chi connectivity index (χ2v) is 4.30. The molecule has 0 amide bonds. The van der Waals surface area contributed by atoms with E-state index in [0.717, 1.165) is 15.7 Å². The van der Waals surface area contributed by atoms with Crippen molar-refractivity contribution in [1.82, 2.24) is 0 Å². The summed E-state index contributed by atoms with van der Waals surface area (Å²) < 4.78 is 12.1. The SMILES string of the molecule is Oc1ccc(SCCF)c2ccccc12. The number of thioether (sulfide) groups is 1. The highest BCUT2D eigenvalue weighted by atomic mass is 32.2. The van der Waals surface area contributed by atoms with Gasteiger partial charge in [-0.25, -0.2) is 0 Å². The van der Waals surface area contributed by atoms with Crippen molar-refractivity contribution in [2.24, 2.45) is 0 Å². The Morgan fingerprint density at radius 3 is 2.53 bits per heavy atom. The van der Waals surface area contributed by atoms with Crippen molar-refractivity contribution in [3.63, 3.8) is 0 Å². The van der Waals surface area contributed by atoms with Gasteiger partial charge in [-0.3, -0.25) is 4.39 Å². The Balaban J connectivity index is 2.51. The van der Waals surface area contributed by atoms with E-state index in [-0.39, 0.29) is 12.4 Å². The van der Waals surface area contributed by atoms with Gasteiger partial charge in [0.15, 0.2) is 0 Å². The summed E-state index contributed by atoms with van der Waals surface area (Å²) in [6, 6.07) is 11.1. The first-order chi connectivity index (χ1) is 7.33. The third-order valence-corrected chi connectivity index (χ3v) is 3.22. The third-order valence-electron chi connectivity index (χ3n) is 2.20. The smallest absolute Gasteiger partial charge is 0.123 e. The number of phenols is 1.